The maximum atomic E-state index is 13.7. The number of benzene rings is 1. The molecule has 0 amide bonds. The molecule has 4 heteroatoms. The first-order valence-corrected chi connectivity index (χ1v) is 7.15. The summed E-state index contributed by atoms with van der Waals surface area (Å²) in [6.45, 7) is 1.22. The number of halogens is 1. The van der Waals surface area contributed by atoms with Crippen LogP contribution in [0.4, 0.5) is 4.39 Å². The van der Waals surface area contributed by atoms with Crippen LogP contribution in [0.3, 0.4) is 0 Å². The van der Waals surface area contributed by atoms with E-state index in [1.54, 1.807) is 6.07 Å². The highest BCUT2D eigenvalue weighted by molar-refractivity contribution is 5.33. The summed E-state index contributed by atoms with van der Waals surface area (Å²) in [6.07, 6.45) is 3.93. The molecule has 1 aliphatic carbocycles. The number of aliphatic hydroxyl groups excluding tert-OH is 1. The zero-order valence-corrected chi connectivity index (χ0v) is 11.8. The topological polar surface area (TPSA) is 47.3 Å². The lowest BCUT2D eigenvalue weighted by atomic mass is 9.86. The number of nitriles is 1. The number of aliphatic hydroxyl groups is 1. The summed E-state index contributed by atoms with van der Waals surface area (Å²) < 4.78 is 13.7. The van der Waals surface area contributed by atoms with E-state index in [4.69, 9.17) is 5.26 Å². The Labute approximate surface area is 119 Å². The van der Waals surface area contributed by atoms with Crippen LogP contribution in [0.5, 0.6) is 0 Å². The predicted octanol–water partition coefficient (Wildman–Crippen LogP) is 2.68. The third kappa shape index (κ3) is 3.78. The third-order valence-electron chi connectivity index (χ3n) is 4.03. The van der Waals surface area contributed by atoms with Crippen LogP contribution < -0.4 is 0 Å². The van der Waals surface area contributed by atoms with Gasteiger partial charge in [0.15, 0.2) is 0 Å². The maximum absolute atomic E-state index is 13.7. The lowest BCUT2D eigenvalue weighted by Crippen LogP contribution is -2.34. The Bertz CT molecular complexity index is 498. The van der Waals surface area contributed by atoms with Crippen molar-refractivity contribution in [2.75, 3.05) is 13.6 Å². The van der Waals surface area contributed by atoms with Crippen LogP contribution in [0.1, 0.15) is 36.8 Å². The Kier molecular flexibility index (Phi) is 5.11. The quantitative estimate of drug-likeness (QED) is 0.919. The Hall–Kier alpha value is -1.44. The normalized spacial score (nSPS) is 22.8. The minimum absolute atomic E-state index is 0.235. The molecule has 1 aromatic carbocycles. The summed E-state index contributed by atoms with van der Waals surface area (Å²) in [5, 5.41) is 18.8. The van der Waals surface area contributed by atoms with E-state index < -0.39 is 0 Å². The number of nitrogens with zero attached hydrogens (tertiary/aromatic N) is 2. The molecule has 108 valence electrons. The van der Waals surface area contributed by atoms with Crippen LogP contribution in [0, 0.1) is 23.1 Å². The molecular formula is C16H21FN2O. The molecule has 0 radical (unpaired) electrons. The highest BCUT2D eigenvalue weighted by atomic mass is 19.1. The summed E-state index contributed by atoms with van der Waals surface area (Å²) in [4.78, 5) is 2.03. The van der Waals surface area contributed by atoms with Crippen molar-refractivity contribution >= 4 is 0 Å². The first-order valence-electron chi connectivity index (χ1n) is 7.15. The van der Waals surface area contributed by atoms with Crippen molar-refractivity contribution in [3.8, 4) is 6.07 Å². The summed E-state index contributed by atoms with van der Waals surface area (Å²) in [6, 6.07) is 6.47. The molecular weight excluding hydrogens is 255 g/mol. The minimum Gasteiger partial charge on any atom is -0.393 e. The van der Waals surface area contributed by atoms with Crippen molar-refractivity contribution in [2.24, 2.45) is 5.92 Å². The zero-order valence-electron chi connectivity index (χ0n) is 11.8. The van der Waals surface area contributed by atoms with Gasteiger partial charge in [0.2, 0.25) is 0 Å². The molecule has 1 aliphatic rings. The molecule has 2 unspecified atom stereocenters. The second-order valence-electron chi connectivity index (χ2n) is 5.73. The van der Waals surface area contributed by atoms with Crippen molar-refractivity contribution in [1.82, 2.24) is 4.90 Å². The van der Waals surface area contributed by atoms with Gasteiger partial charge in [-0.05, 0) is 44.0 Å². The standard InChI is InChI=1S/C16H21FN2O/c1-19(10-13-4-2-3-5-16(13)20)11-14-8-12(9-18)6-7-15(14)17/h6-8,13,16,20H,2-5,10-11H2,1H3. The van der Waals surface area contributed by atoms with Crippen LogP contribution in [0.2, 0.25) is 0 Å². The summed E-state index contributed by atoms with van der Waals surface area (Å²) in [7, 11) is 1.93. The fourth-order valence-corrected chi connectivity index (χ4v) is 2.92. The molecule has 0 aromatic heterocycles. The van der Waals surface area contributed by atoms with E-state index >= 15 is 0 Å². The maximum Gasteiger partial charge on any atom is 0.127 e. The highest BCUT2D eigenvalue weighted by Crippen LogP contribution is 2.25. The molecule has 1 aromatic rings. The van der Waals surface area contributed by atoms with Gasteiger partial charge in [-0.2, -0.15) is 5.26 Å². The lowest BCUT2D eigenvalue weighted by Gasteiger charge is -2.31. The molecule has 0 saturated heterocycles. The van der Waals surface area contributed by atoms with Gasteiger partial charge >= 0.3 is 0 Å². The van der Waals surface area contributed by atoms with Gasteiger partial charge in [-0.3, -0.25) is 0 Å². The van der Waals surface area contributed by atoms with Crippen LogP contribution in [-0.2, 0) is 6.54 Å². The van der Waals surface area contributed by atoms with Gasteiger partial charge in [0.1, 0.15) is 5.82 Å². The van der Waals surface area contributed by atoms with Gasteiger partial charge in [-0.1, -0.05) is 12.8 Å². The molecule has 1 fully saturated rings. The molecule has 1 saturated carbocycles. The fraction of sp³-hybridized carbons (Fsp3) is 0.562. The molecule has 0 aliphatic heterocycles. The van der Waals surface area contributed by atoms with Crippen molar-refractivity contribution in [3.63, 3.8) is 0 Å². The Morgan fingerprint density at radius 1 is 1.40 bits per heavy atom. The van der Waals surface area contributed by atoms with E-state index in [1.165, 1.54) is 12.1 Å². The lowest BCUT2D eigenvalue weighted by molar-refractivity contribution is 0.0500. The SMILES string of the molecule is CN(Cc1cc(C#N)ccc1F)CC1CCCCC1O. The Morgan fingerprint density at radius 2 is 2.15 bits per heavy atom. The number of hydrogen-bond donors (Lipinski definition) is 1. The van der Waals surface area contributed by atoms with Gasteiger partial charge in [-0.15, -0.1) is 0 Å². The molecule has 3 nitrogen and oxygen atoms in total. The monoisotopic (exact) mass is 276 g/mol. The summed E-state index contributed by atoms with van der Waals surface area (Å²) in [5.74, 6) is -0.00370. The predicted molar refractivity (Wildman–Crippen MR) is 75.4 cm³/mol. The first kappa shape index (κ1) is 15.0. The van der Waals surface area contributed by atoms with Gasteiger partial charge in [-0.25, -0.2) is 4.39 Å². The van der Waals surface area contributed by atoms with Crippen molar-refractivity contribution in [2.45, 2.75) is 38.3 Å². The van der Waals surface area contributed by atoms with Crippen LogP contribution in [0.25, 0.3) is 0 Å². The molecule has 1 N–H and O–H groups in total. The van der Waals surface area contributed by atoms with Crippen molar-refractivity contribution < 1.29 is 9.50 Å². The molecule has 0 spiro atoms. The van der Waals surface area contributed by atoms with E-state index in [0.29, 0.717) is 17.7 Å². The number of hydrogen-bond acceptors (Lipinski definition) is 3. The van der Waals surface area contributed by atoms with E-state index in [0.717, 1.165) is 32.2 Å². The summed E-state index contributed by atoms with van der Waals surface area (Å²) in [5.41, 5.74) is 1.02. The van der Waals surface area contributed by atoms with Gasteiger partial charge in [0.25, 0.3) is 0 Å². The Morgan fingerprint density at radius 3 is 2.85 bits per heavy atom. The third-order valence-corrected chi connectivity index (χ3v) is 4.03. The van der Waals surface area contributed by atoms with Crippen molar-refractivity contribution in [1.29, 1.82) is 5.26 Å². The average Bonchev–Trinajstić information content (AvgIpc) is 2.44. The molecule has 2 atom stereocenters. The first-order chi connectivity index (χ1) is 9.60. The Balaban J connectivity index is 1.97. The second kappa shape index (κ2) is 6.83. The van der Waals surface area contributed by atoms with Crippen LogP contribution >= 0.6 is 0 Å². The van der Waals surface area contributed by atoms with Gasteiger partial charge in [0, 0.05) is 18.7 Å². The zero-order chi connectivity index (χ0) is 14.5. The minimum atomic E-state index is -0.278. The second-order valence-corrected chi connectivity index (χ2v) is 5.73. The molecule has 20 heavy (non-hydrogen) atoms. The largest absolute Gasteiger partial charge is 0.393 e. The molecule has 0 bridgehead atoms. The average molecular weight is 276 g/mol. The molecule has 2 rings (SSSR count). The number of rotatable bonds is 4. The van der Waals surface area contributed by atoms with Crippen LogP contribution in [-0.4, -0.2) is 29.7 Å². The van der Waals surface area contributed by atoms with E-state index in [9.17, 15) is 9.50 Å². The fourth-order valence-electron chi connectivity index (χ4n) is 2.92. The van der Waals surface area contributed by atoms with Gasteiger partial charge < -0.3 is 10.0 Å². The van der Waals surface area contributed by atoms with Crippen LogP contribution in [0.15, 0.2) is 18.2 Å². The smallest absolute Gasteiger partial charge is 0.127 e. The van der Waals surface area contributed by atoms with Gasteiger partial charge in [0.05, 0.1) is 17.7 Å². The summed E-state index contributed by atoms with van der Waals surface area (Å²) >= 11 is 0. The van der Waals surface area contributed by atoms with E-state index in [2.05, 4.69) is 0 Å². The highest BCUT2D eigenvalue weighted by Gasteiger charge is 2.24. The van der Waals surface area contributed by atoms with E-state index in [-0.39, 0.29) is 17.8 Å². The molecule has 0 heterocycles. The van der Waals surface area contributed by atoms with Crippen molar-refractivity contribution in [3.05, 3.63) is 35.1 Å². The van der Waals surface area contributed by atoms with E-state index in [1.807, 2.05) is 18.0 Å².